The molecule has 4 rings (SSSR count). The Bertz CT molecular complexity index is 1280. The topological polar surface area (TPSA) is 66.5 Å². The SMILES string of the molecule is CC(C)(C)c1ccc(NC(=O)[C@H]2Cc3ccccc3CN2S(=O)(=O)c2ccccc2F)cc1. The number of hydrogen-bond donors (Lipinski definition) is 1. The highest BCUT2D eigenvalue weighted by Crippen LogP contribution is 2.31. The summed E-state index contributed by atoms with van der Waals surface area (Å²) < 4.78 is 42.4. The van der Waals surface area contributed by atoms with E-state index in [2.05, 4.69) is 26.1 Å². The van der Waals surface area contributed by atoms with E-state index in [4.69, 9.17) is 0 Å². The number of benzene rings is 3. The largest absolute Gasteiger partial charge is 0.325 e. The fraction of sp³-hybridized carbons (Fsp3) is 0.269. The molecule has 3 aromatic rings. The van der Waals surface area contributed by atoms with Gasteiger partial charge in [-0.2, -0.15) is 4.31 Å². The second kappa shape index (κ2) is 8.72. The molecule has 1 aliphatic rings. The number of hydrogen-bond acceptors (Lipinski definition) is 3. The zero-order valence-corrected chi connectivity index (χ0v) is 19.7. The summed E-state index contributed by atoms with van der Waals surface area (Å²) in [6, 6.07) is 19.2. The van der Waals surface area contributed by atoms with Crippen LogP contribution in [-0.4, -0.2) is 24.7 Å². The predicted molar refractivity (Wildman–Crippen MR) is 127 cm³/mol. The van der Waals surface area contributed by atoms with Gasteiger partial charge in [-0.15, -0.1) is 0 Å². The van der Waals surface area contributed by atoms with Gasteiger partial charge in [0.1, 0.15) is 16.8 Å². The van der Waals surface area contributed by atoms with Gasteiger partial charge in [-0.3, -0.25) is 4.79 Å². The van der Waals surface area contributed by atoms with E-state index < -0.39 is 32.7 Å². The third kappa shape index (κ3) is 4.70. The van der Waals surface area contributed by atoms with Gasteiger partial charge in [0.05, 0.1) is 0 Å². The number of carbonyl (C=O) groups excluding carboxylic acids is 1. The predicted octanol–water partition coefficient (Wildman–Crippen LogP) is 4.88. The molecular weight excluding hydrogens is 439 g/mol. The maximum Gasteiger partial charge on any atom is 0.247 e. The molecule has 172 valence electrons. The standard InChI is InChI=1S/C26H27FN2O3S/c1-26(2,3)20-12-14-21(15-13-20)28-25(30)23-16-18-8-4-5-9-19(18)17-29(23)33(31,32)24-11-7-6-10-22(24)27/h4-15,23H,16-17H2,1-3H3,(H,28,30)/t23-/m1/s1. The van der Waals surface area contributed by atoms with Crippen LogP contribution in [0.5, 0.6) is 0 Å². The third-order valence-corrected chi connectivity index (χ3v) is 7.84. The van der Waals surface area contributed by atoms with Gasteiger partial charge in [0.2, 0.25) is 15.9 Å². The fourth-order valence-corrected chi connectivity index (χ4v) is 5.67. The summed E-state index contributed by atoms with van der Waals surface area (Å²) in [6.07, 6.45) is 0.204. The first kappa shape index (κ1) is 23.1. The molecule has 1 aliphatic heterocycles. The van der Waals surface area contributed by atoms with Crippen molar-refractivity contribution in [1.29, 1.82) is 0 Å². The van der Waals surface area contributed by atoms with Crippen molar-refractivity contribution in [2.75, 3.05) is 5.32 Å². The highest BCUT2D eigenvalue weighted by molar-refractivity contribution is 7.89. The molecule has 3 aromatic carbocycles. The Kier molecular flexibility index (Phi) is 6.12. The Morgan fingerprint density at radius 2 is 1.55 bits per heavy atom. The second-order valence-corrected chi connectivity index (χ2v) is 11.1. The molecule has 5 nitrogen and oxygen atoms in total. The number of carbonyl (C=O) groups is 1. The van der Waals surface area contributed by atoms with Crippen LogP contribution in [0.3, 0.4) is 0 Å². The Morgan fingerprint density at radius 3 is 2.18 bits per heavy atom. The van der Waals surface area contributed by atoms with Crippen LogP contribution in [0.1, 0.15) is 37.5 Å². The van der Waals surface area contributed by atoms with E-state index in [9.17, 15) is 17.6 Å². The molecule has 0 spiro atoms. The minimum absolute atomic E-state index is 0.00606. The maximum absolute atomic E-state index is 14.4. The van der Waals surface area contributed by atoms with Crippen LogP contribution in [0.4, 0.5) is 10.1 Å². The van der Waals surface area contributed by atoms with Gasteiger partial charge in [0.15, 0.2) is 0 Å². The highest BCUT2D eigenvalue weighted by atomic mass is 32.2. The molecule has 1 heterocycles. The number of nitrogens with zero attached hydrogens (tertiary/aromatic N) is 1. The normalized spacial score (nSPS) is 16.8. The first-order valence-electron chi connectivity index (χ1n) is 10.8. The van der Waals surface area contributed by atoms with Crippen LogP contribution in [0.15, 0.2) is 77.7 Å². The summed E-state index contributed by atoms with van der Waals surface area (Å²) in [4.78, 5) is 12.9. The van der Waals surface area contributed by atoms with E-state index in [-0.39, 0.29) is 18.4 Å². The number of anilines is 1. The van der Waals surface area contributed by atoms with E-state index in [1.165, 1.54) is 18.2 Å². The number of fused-ring (bicyclic) bond motifs is 1. The molecule has 0 aliphatic carbocycles. The molecule has 1 N–H and O–H groups in total. The molecule has 0 radical (unpaired) electrons. The smallest absolute Gasteiger partial charge is 0.247 e. The number of rotatable bonds is 4. The number of halogens is 1. The molecule has 33 heavy (non-hydrogen) atoms. The molecule has 1 atom stereocenters. The molecule has 7 heteroatoms. The Labute approximate surface area is 194 Å². The summed E-state index contributed by atoms with van der Waals surface area (Å²) in [7, 11) is -4.25. The van der Waals surface area contributed by atoms with Gasteiger partial charge in [-0.1, -0.05) is 69.3 Å². The van der Waals surface area contributed by atoms with Crippen LogP contribution in [0, 0.1) is 5.82 Å². The van der Waals surface area contributed by atoms with Gasteiger partial charge < -0.3 is 5.32 Å². The molecule has 0 bridgehead atoms. The minimum atomic E-state index is -4.25. The van der Waals surface area contributed by atoms with E-state index in [1.54, 1.807) is 0 Å². The van der Waals surface area contributed by atoms with E-state index in [1.807, 2.05) is 48.5 Å². The third-order valence-electron chi connectivity index (χ3n) is 5.95. The number of amides is 1. The average Bonchev–Trinajstić information content (AvgIpc) is 2.78. The molecular formula is C26H27FN2O3S. The molecule has 0 saturated heterocycles. The van der Waals surface area contributed by atoms with Crippen LogP contribution in [0.25, 0.3) is 0 Å². The number of nitrogens with one attached hydrogen (secondary N) is 1. The van der Waals surface area contributed by atoms with Crippen molar-refractivity contribution >= 4 is 21.6 Å². The maximum atomic E-state index is 14.4. The van der Waals surface area contributed by atoms with Crippen molar-refractivity contribution in [2.24, 2.45) is 0 Å². The lowest BCUT2D eigenvalue weighted by atomic mass is 9.87. The molecule has 0 unspecified atom stereocenters. The summed E-state index contributed by atoms with van der Waals surface area (Å²) >= 11 is 0. The van der Waals surface area contributed by atoms with Crippen molar-refractivity contribution in [1.82, 2.24) is 4.31 Å². The lowest BCUT2D eigenvalue weighted by Gasteiger charge is -2.35. The van der Waals surface area contributed by atoms with Gasteiger partial charge in [-0.25, -0.2) is 12.8 Å². The number of sulfonamides is 1. The second-order valence-electron chi connectivity index (χ2n) is 9.29. The van der Waals surface area contributed by atoms with Crippen molar-refractivity contribution in [3.63, 3.8) is 0 Å². The zero-order chi connectivity index (χ0) is 23.8. The summed E-state index contributed by atoms with van der Waals surface area (Å²) in [6.45, 7) is 6.30. The Hall–Kier alpha value is -3.03. The van der Waals surface area contributed by atoms with Gasteiger partial charge in [0, 0.05) is 12.2 Å². The van der Waals surface area contributed by atoms with Crippen LogP contribution in [0.2, 0.25) is 0 Å². The first-order valence-corrected chi connectivity index (χ1v) is 12.3. The van der Waals surface area contributed by atoms with Crippen LogP contribution >= 0.6 is 0 Å². The van der Waals surface area contributed by atoms with Crippen LogP contribution in [-0.2, 0) is 33.2 Å². The van der Waals surface area contributed by atoms with Crippen molar-refractivity contribution < 1.29 is 17.6 Å². The van der Waals surface area contributed by atoms with Crippen molar-refractivity contribution in [3.8, 4) is 0 Å². The zero-order valence-electron chi connectivity index (χ0n) is 18.9. The lowest BCUT2D eigenvalue weighted by molar-refractivity contribution is -0.120. The summed E-state index contributed by atoms with van der Waals surface area (Å²) in [5, 5.41) is 2.85. The first-order chi connectivity index (χ1) is 15.6. The Morgan fingerprint density at radius 1 is 0.939 bits per heavy atom. The Balaban J connectivity index is 1.68. The monoisotopic (exact) mass is 466 g/mol. The molecule has 0 aromatic heterocycles. The highest BCUT2D eigenvalue weighted by Gasteiger charge is 2.40. The average molecular weight is 467 g/mol. The van der Waals surface area contributed by atoms with Crippen molar-refractivity contribution in [3.05, 3.63) is 95.3 Å². The van der Waals surface area contributed by atoms with Crippen LogP contribution < -0.4 is 5.32 Å². The molecule has 1 amide bonds. The molecule has 0 fully saturated rings. The van der Waals surface area contributed by atoms with Gasteiger partial charge in [0.25, 0.3) is 0 Å². The fourth-order valence-electron chi connectivity index (χ4n) is 4.03. The minimum Gasteiger partial charge on any atom is -0.325 e. The van der Waals surface area contributed by atoms with Gasteiger partial charge >= 0.3 is 0 Å². The lowest BCUT2D eigenvalue weighted by Crippen LogP contribution is -2.50. The summed E-state index contributed by atoms with van der Waals surface area (Å²) in [5.74, 6) is -1.29. The summed E-state index contributed by atoms with van der Waals surface area (Å²) in [5.41, 5.74) is 3.38. The van der Waals surface area contributed by atoms with E-state index in [0.717, 1.165) is 27.1 Å². The van der Waals surface area contributed by atoms with E-state index in [0.29, 0.717) is 5.69 Å². The molecule has 0 saturated carbocycles. The quantitative estimate of drug-likeness (QED) is 0.596. The van der Waals surface area contributed by atoms with Crippen molar-refractivity contribution in [2.45, 2.75) is 50.1 Å². The van der Waals surface area contributed by atoms with Gasteiger partial charge in [-0.05, 0) is 52.8 Å². The van der Waals surface area contributed by atoms with E-state index >= 15 is 0 Å².